The molecule has 0 aromatic heterocycles. The van der Waals surface area contributed by atoms with Crippen LogP contribution in [-0.2, 0) is 0 Å². The molecule has 0 aromatic rings. The molecular weight excluding hydrogens is 186 g/mol. The summed E-state index contributed by atoms with van der Waals surface area (Å²) in [6, 6.07) is 0. The highest BCUT2D eigenvalue weighted by Gasteiger charge is 2.14. The van der Waals surface area contributed by atoms with E-state index in [1.54, 1.807) is 0 Å². The molecule has 0 saturated heterocycles. The quantitative estimate of drug-likeness (QED) is 0.247. The largest absolute Gasteiger partial charge is 0.312 e. The van der Waals surface area contributed by atoms with Crippen LogP contribution in [0.5, 0.6) is 0 Å². The third-order valence-corrected chi connectivity index (χ3v) is 3.15. The third-order valence-electron chi connectivity index (χ3n) is 3.15. The minimum Gasteiger partial charge on any atom is -0.312 e. The van der Waals surface area contributed by atoms with Crippen molar-refractivity contribution in [3.8, 4) is 0 Å². The molecule has 0 unspecified atom stereocenters. The number of nitrogens with one attached hydrogen (secondary N) is 1. The second-order valence-corrected chi connectivity index (χ2v) is 4.53. The van der Waals surface area contributed by atoms with Crippen molar-refractivity contribution in [2.45, 2.75) is 58.3 Å². The second kappa shape index (κ2) is 7.69. The van der Waals surface area contributed by atoms with Gasteiger partial charge < -0.3 is 5.43 Å². The van der Waals surface area contributed by atoms with Crippen LogP contribution in [0, 0.1) is 5.92 Å². The molecule has 0 atom stereocenters. The zero-order chi connectivity index (χ0) is 10.9. The van der Waals surface area contributed by atoms with Crippen molar-refractivity contribution < 1.29 is 0 Å². The fraction of sp³-hybridized carbons (Fsp3) is 0.917. The molecule has 1 rings (SSSR count). The standard InChI is InChI=1S/C12H25N3/c1-2-9-14-12(15-13)10-11-7-5-3-4-6-8-11/h11H,2-10,13H2,1H3,(H,14,15). The number of rotatable bonds is 4. The van der Waals surface area contributed by atoms with Gasteiger partial charge in [-0.1, -0.05) is 45.4 Å². The Hall–Kier alpha value is -0.570. The summed E-state index contributed by atoms with van der Waals surface area (Å²) in [6.45, 7) is 3.04. The molecule has 1 aliphatic carbocycles. The van der Waals surface area contributed by atoms with Gasteiger partial charge in [0.15, 0.2) is 0 Å². The highest BCUT2D eigenvalue weighted by Crippen LogP contribution is 2.25. The van der Waals surface area contributed by atoms with Crippen molar-refractivity contribution in [2.24, 2.45) is 16.8 Å². The lowest BCUT2D eigenvalue weighted by Crippen LogP contribution is -2.32. The average Bonchev–Trinajstić information content (AvgIpc) is 2.52. The van der Waals surface area contributed by atoms with Gasteiger partial charge in [-0.3, -0.25) is 4.99 Å². The van der Waals surface area contributed by atoms with Crippen LogP contribution in [0.4, 0.5) is 0 Å². The lowest BCUT2D eigenvalue weighted by Gasteiger charge is -2.15. The van der Waals surface area contributed by atoms with Crippen LogP contribution < -0.4 is 11.3 Å². The minimum absolute atomic E-state index is 0.805. The highest BCUT2D eigenvalue weighted by molar-refractivity contribution is 5.81. The molecular formula is C12H25N3. The predicted molar refractivity (Wildman–Crippen MR) is 65.7 cm³/mol. The van der Waals surface area contributed by atoms with Gasteiger partial charge >= 0.3 is 0 Å². The van der Waals surface area contributed by atoms with E-state index in [1.807, 2.05) is 0 Å². The first-order valence-electron chi connectivity index (χ1n) is 6.36. The molecule has 0 spiro atoms. The molecule has 0 aliphatic heterocycles. The molecule has 1 fully saturated rings. The molecule has 88 valence electrons. The zero-order valence-corrected chi connectivity index (χ0v) is 9.97. The van der Waals surface area contributed by atoms with Crippen molar-refractivity contribution >= 4 is 5.84 Å². The van der Waals surface area contributed by atoms with Gasteiger partial charge in [-0.15, -0.1) is 0 Å². The average molecular weight is 211 g/mol. The Bertz CT molecular complexity index is 181. The second-order valence-electron chi connectivity index (χ2n) is 4.53. The third kappa shape index (κ3) is 5.17. The summed E-state index contributed by atoms with van der Waals surface area (Å²) < 4.78 is 0. The molecule has 15 heavy (non-hydrogen) atoms. The predicted octanol–water partition coefficient (Wildman–Crippen LogP) is 2.62. The van der Waals surface area contributed by atoms with Crippen molar-refractivity contribution in [3.05, 3.63) is 0 Å². The molecule has 1 aliphatic rings. The van der Waals surface area contributed by atoms with E-state index in [1.165, 1.54) is 38.5 Å². The van der Waals surface area contributed by atoms with Crippen LogP contribution >= 0.6 is 0 Å². The van der Waals surface area contributed by atoms with Gasteiger partial charge in [-0.05, 0) is 12.3 Å². The molecule has 0 radical (unpaired) electrons. The maximum absolute atomic E-state index is 5.49. The molecule has 3 heteroatoms. The maximum atomic E-state index is 5.49. The Morgan fingerprint density at radius 2 is 1.93 bits per heavy atom. The lowest BCUT2D eigenvalue weighted by molar-refractivity contribution is 0.472. The minimum atomic E-state index is 0.805. The van der Waals surface area contributed by atoms with Crippen molar-refractivity contribution in [3.63, 3.8) is 0 Å². The Labute approximate surface area is 93.5 Å². The van der Waals surface area contributed by atoms with E-state index in [4.69, 9.17) is 5.84 Å². The molecule has 3 N–H and O–H groups in total. The summed E-state index contributed by atoms with van der Waals surface area (Å²) >= 11 is 0. The van der Waals surface area contributed by atoms with Gasteiger partial charge in [0.05, 0.1) is 0 Å². The maximum Gasteiger partial charge on any atom is 0.111 e. The number of nitrogens with two attached hydrogens (primary N) is 1. The monoisotopic (exact) mass is 211 g/mol. The van der Waals surface area contributed by atoms with E-state index in [2.05, 4.69) is 17.3 Å². The van der Waals surface area contributed by atoms with Crippen LogP contribution in [0.15, 0.2) is 4.99 Å². The fourth-order valence-electron chi connectivity index (χ4n) is 2.26. The van der Waals surface area contributed by atoms with Crippen molar-refractivity contribution in [1.82, 2.24) is 5.43 Å². The molecule has 0 amide bonds. The number of amidine groups is 1. The Morgan fingerprint density at radius 1 is 1.27 bits per heavy atom. The van der Waals surface area contributed by atoms with Crippen LogP contribution in [0.25, 0.3) is 0 Å². The Balaban J connectivity index is 2.35. The van der Waals surface area contributed by atoms with Gasteiger partial charge in [0, 0.05) is 13.0 Å². The number of hydrogen-bond acceptors (Lipinski definition) is 2. The van der Waals surface area contributed by atoms with E-state index in [9.17, 15) is 0 Å². The number of aliphatic imine (C=N–C) groups is 1. The summed E-state index contributed by atoms with van der Waals surface area (Å²) in [6.07, 6.45) is 10.4. The zero-order valence-electron chi connectivity index (χ0n) is 9.97. The SMILES string of the molecule is CCCN=C(CC1CCCCCC1)NN. The summed E-state index contributed by atoms with van der Waals surface area (Å²) in [5, 5.41) is 0. The van der Waals surface area contributed by atoms with Gasteiger partial charge in [-0.25, -0.2) is 5.84 Å². The Kier molecular flexibility index (Phi) is 6.41. The molecule has 0 heterocycles. The topological polar surface area (TPSA) is 50.4 Å². The van der Waals surface area contributed by atoms with E-state index in [0.717, 1.165) is 31.1 Å². The summed E-state index contributed by atoms with van der Waals surface area (Å²) in [5.41, 5.74) is 2.75. The number of hydrogen-bond donors (Lipinski definition) is 2. The first-order chi connectivity index (χ1) is 7.36. The van der Waals surface area contributed by atoms with E-state index >= 15 is 0 Å². The summed E-state index contributed by atoms with van der Waals surface area (Å²) in [4.78, 5) is 4.47. The van der Waals surface area contributed by atoms with Gasteiger partial charge in [0.25, 0.3) is 0 Å². The Morgan fingerprint density at radius 3 is 2.47 bits per heavy atom. The van der Waals surface area contributed by atoms with Crippen LogP contribution in [0.1, 0.15) is 58.3 Å². The van der Waals surface area contributed by atoms with Crippen LogP contribution in [0.2, 0.25) is 0 Å². The normalized spacial score (nSPS) is 20.0. The number of hydrazine groups is 1. The van der Waals surface area contributed by atoms with Crippen LogP contribution in [-0.4, -0.2) is 12.4 Å². The van der Waals surface area contributed by atoms with E-state index in [0.29, 0.717) is 0 Å². The summed E-state index contributed by atoms with van der Waals surface area (Å²) in [5.74, 6) is 7.30. The smallest absolute Gasteiger partial charge is 0.111 e. The molecule has 0 bridgehead atoms. The fourth-order valence-corrected chi connectivity index (χ4v) is 2.26. The summed E-state index contributed by atoms with van der Waals surface area (Å²) in [7, 11) is 0. The number of nitrogens with zero attached hydrogens (tertiary/aromatic N) is 1. The van der Waals surface area contributed by atoms with Gasteiger partial charge in [0.1, 0.15) is 5.84 Å². The molecule has 3 nitrogen and oxygen atoms in total. The van der Waals surface area contributed by atoms with Crippen molar-refractivity contribution in [1.29, 1.82) is 0 Å². The first-order valence-corrected chi connectivity index (χ1v) is 6.36. The molecule has 0 aromatic carbocycles. The van der Waals surface area contributed by atoms with Crippen LogP contribution in [0.3, 0.4) is 0 Å². The van der Waals surface area contributed by atoms with Gasteiger partial charge in [0.2, 0.25) is 0 Å². The van der Waals surface area contributed by atoms with E-state index in [-0.39, 0.29) is 0 Å². The lowest BCUT2D eigenvalue weighted by atomic mass is 9.96. The van der Waals surface area contributed by atoms with E-state index < -0.39 is 0 Å². The first kappa shape index (κ1) is 12.5. The highest BCUT2D eigenvalue weighted by atomic mass is 15.2. The van der Waals surface area contributed by atoms with Crippen molar-refractivity contribution in [2.75, 3.05) is 6.54 Å². The van der Waals surface area contributed by atoms with Gasteiger partial charge in [-0.2, -0.15) is 0 Å². The molecule has 1 saturated carbocycles.